The molecule has 0 bridgehead atoms. The van der Waals surface area contributed by atoms with Gasteiger partial charge >= 0.3 is 0 Å². The second kappa shape index (κ2) is 8.52. The molecule has 2 unspecified atom stereocenters. The van der Waals surface area contributed by atoms with E-state index in [2.05, 4.69) is 50.2 Å². The van der Waals surface area contributed by atoms with Crippen LogP contribution in [0.25, 0.3) is 0 Å². The van der Waals surface area contributed by atoms with Crippen LogP contribution in [0.3, 0.4) is 0 Å². The quantitative estimate of drug-likeness (QED) is 0.523. The van der Waals surface area contributed by atoms with Crippen molar-refractivity contribution in [3.63, 3.8) is 0 Å². The molecule has 0 aromatic heterocycles. The van der Waals surface area contributed by atoms with E-state index in [1.54, 1.807) is 12.1 Å². The van der Waals surface area contributed by atoms with Crippen LogP contribution in [-0.4, -0.2) is 10.2 Å². The topological polar surface area (TPSA) is 40.5 Å². The normalized spacial score (nSPS) is 13.3. The highest BCUT2D eigenvalue weighted by atomic mass is 16.3. The number of benzene rings is 3. The molecule has 0 amide bonds. The molecule has 146 valence electrons. The summed E-state index contributed by atoms with van der Waals surface area (Å²) in [6.45, 7) is 8.38. The highest BCUT2D eigenvalue weighted by Gasteiger charge is 2.11. The molecule has 2 nitrogen and oxygen atoms in total. The van der Waals surface area contributed by atoms with Gasteiger partial charge in [0.1, 0.15) is 11.5 Å². The average molecular weight is 375 g/mol. The van der Waals surface area contributed by atoms with E-state index in [1.807, 2.05) is 26.0 Å². The number of aromatic hydroxyl groups is 2. The molecule has 3 aromatic rings. The van der Waals surface area contributed by atoms with Crippen molar-refractivity contribution in [3.05, 3.63) is 94.0 Å². The number of phenols is 2. The SMILES string of the molecule is Cc1cc(CC(C)c2ccc(C(C)Cc3ccc(O)c(C)c3)cc2)ccc1O. The Morgan fingerprint density at radius 1 is 0.607 bits per heavy atom. The summed E-state index contributed by atoms with van der Waals surface area (Å²) in [7, 11) is 0. The van der Waals surface area contributed by atoms with E-state index in [9.17, 15) is 10.2 Å². The lowest BCUT2D eigenvalue weighted by Crippen LogP contribution is -2.02. The number of rotatable bonds is 6. The zero-order valence-corrected chi connectivity index (χ0v) is 17.2. The standard InChI is InChI=1S/C26H30O2/c1-17(13-21-5-11-25(27)19(3)15-21)23-7-9-24(10-8-23)18(2)14-22-6-12-26(28)20(4)16-22/h5-12,15-18,27-28H,13-14H2,1-4H3. The molecule has 0 aliphatic rings. The second-order valence-corrected chi connectivity index (χ2v) is 8.12. The van der Waals surface area contributed by atoms with E-state index < -0.39 is 0 Å². The maximum absolute atomic E-state index is 9.70. The van der Waals surface area contributed by atoms with Gasteiger partial charge in [-0.15, -0.1) is 0 Å². The zero-order chi connectivity index (χ0) is 20.3. The van der Waals surface area contributed by atoms with Gasteiger partial charge in [0.2, 0.25) is 0 Å². The summed E-state index contributed by atoms with van der Waals surface area (Å²) in [5.41, 5.74) is 7.03. The van der Waals surface area contributed by atoms with Crippen molar-refractivity contribution in [2.75, 3.05) is 0 Å². The summed E-state index contributed by atoms with van der Waals surface area (Å²) in [5.74, 6) is 1.57. The Kier molecular flexibility index (Phi) is 6.08. The summed E-state index contributed by atoms with van der Waals surface area (Å²) in [4.78, 5) is 0. The molecule has 2 heteroatoms. The first-order valence-corrected chi connectivity index (χ1v) is 10.0. The summed E-state index contributed by atoms with van der Waals surface area (Å²) in [5, 5.41) is 19.4. The third-order valence-corrected chi connectivity index (χ3v) is 5.68. The fraction of sp³-hybridized carbons (Fsp3) is 0.308. The smallest absolute Gasteiger partial charge is 0.118 e. The molecular weight excluding hydrogens is 344 g/mol. The van der Waals surface area contributed by atoms with Crippen molar-refractivity contribution in [2.24, 2.45) is 0 Å². The fourth-order valence-corrected chi connectivity index (χ4v) is 3.78. The van der Waals surface area contributed by atoms with Gasteiger partial charge in [-0.05, 0) is 84.0 Å². The molecule has 0 saturated heterocycles. The molecular formula is C26H30O2. The van der Waals surface area contributed by atoms with Crippen LogP contribution in [0.5, 0.6) is 11.5 Å². The average Bonchev–Trinajstić information content (AvgIpc) is 2.67. The summed E-state index contributed by atoms with van der Waals surface area (Å²) < 4.78 is 0. The van der Waals surface area contributed by atoms with E-state index in [0.717, 1.165) is 24.0 Å². The fourth-order valence-electron chi connectivity index (χ4n) is 3.78. The van der Waals surface area contributed by atoms with Crippen molar-refractivity contribution in [1.82, 2.24) is 0 Å². The van der Waals surface area contributed by atoms with Crippen LogP contribution in [0, 0.1) is 13.8 Å². The Morgan fingerprint density at radius 2 is 0.964 bits per heavy atom. The van der Waals surface area contributed by atoms with Crippen LogP contribution in [0.15, 0.2) is 60.7 Å². The lowest BCUT2D eigenvalue weighted by molar-refractivity contribution is 0.470. The molecule has 0 fully saturated rings. The molecule has 3 aromatic carbocycles. The Morgan fingerprint density at radius 3 is 1.29 bits per heavy atom. The second-order valence-electron chi connectivity index (χ2n) is 8.12. The first-order chi connectivity index (χ1) is 13.3. The zero-order valence-electron chi connectivity index (χ0n) is 17.2. The van der Waals surface area contributed by atoms with E-state index in [4.69, 9.17) is 0 Å². The van der Waals surface area contributed by atoms with Gasteiger partial charge in [0.05, 0.1) is 0 Å². The first kappa shape index (κ1) is 20.0. The predicted molar refractivity (Wildman–Crippen MR) is 116 cm³/mol. The minimum atomic E-state index is 0.360. The number of phenolic OH excluding ortho intramolecular Hbond substituents is 2. The van der Waals surface area contributed by atoms with Gasteiger partial charge in [-0.3, -0.25) is 0 Å². The molecule has 0 saturated carbocycles. The van der Waals surface area contributed by atoms with E-state index >= 15 is 0 Å². The van der Waals surface area contributed by atoms with E-state index in [1.165, 1.54) is 22.3 Å². The molecule has 3 rings (SSSR count). The van der Waals surface area contributed by atoms with Crippen molar-refractivity contribution in [1.29, 1.82) is 0 Å². The lowest BCUT2D eigenvalue weighted by Gasteiger charge is -2.16. The monoisotopic (exact) mass is 374 g/mol. The molecule has 0 aliphatic carbocycles. The molecule has 0 aliphatic heterocycles. The Labute approximate surface area is 168 Å². The van der Waals surface area contributed by atoms with Crippen molar-refractivity contribution < 1.29 is 10.2 Å². The van der Waals surface area contributed by atoms with Crippen LogP contribution >= 0.6 is 0 Å². The molecule has 28 heavy (non-hydrogen) atoms. The maximum Gasteiger partial charge on any atom is 0.118 e. The Bertz CT molecular complexity index is 863. The van der Waals surface area contributed by atoms with Crippen LogP contribution in [-0.2, 0) is 12.8 Å². The van der Waals surface area contributed by atoms with Crippen LogP contribution in [0.4, 0.5) is 0 Å². The maximum atomic E-state index is 9.70. The van der Waals surface area contributed by atoms with Gasteiger partial charge in [-0.2, -0.15) is 0 Å². The van der Waals surface area contributed by atoms with Crippen molar-refractivity contribution in [2.45, 2.75) is 52.4 Å². The van der Waals surface area contributed by atoms with Crippen molar-refractivity contribution >= 4 is 0 Å². The minimum Gasteiger partial charge on any atom is -0.508 e. The predicted octanol–water partition coefficient (Wildman–Crippen LogP) is 6.41. The van der Waals surface area contributed by atoms with Crippen LogP contribution < -0.4 is 0 Å². The van der Waals surface area contributed by atoms with E-state index in [-0.39, 0.29) is 0 Å². The molecule has 2 N–H and O–H groups in total. The summed E-state index contributed by atoms with van der Waals surface area (Å²) in [6, 6.07) is 20.7. The van der Waals surface area contributed by atoms with Gasteiger partial charge in [0.25, 0.3) is 0 Å². The van der Waals surface area contributed by atoms with Gasteiger partial charge < -0.3 is 10.2 Å². The number of hydrogen-bond donors (Lipinski definition) is 2. The third kappa shape index (κ3) is 4.75. The first-order valence-electron chi connectivity index (χ1n) is 10.0. The Balaban J connectivity index is 1.66. The largest absolute Gasteiger partial charge is 0.508 e. The van der Waals surface area contributed by atoms with Crippen molar-refractivity contribution in [3.8, 4) is 11.5 Å². The summed E-state index contributed by atoms with van der Waals surface area (Å²) in [6.07, 6.45) is 1.92. The van der Waals surface area contributed by atoms with Crippen LogP contribution in [0.1, 0.15) is 59.1 Å². The Hall–Kier alpha value is -2.74. The van der Waals surface area contributed by atoms with Crippen LogP contribution in [0.2, 0.25) is 0 Å². The minimum absolute atomic E-state index is 0.360. The molecule has 0 spiro atoms. The van der Waals surface area contributed by atoms with Gasteiger partial charge in [-0.25, -0.2) is 0 Å². The van der Waals surface area contributed by atoms with E-state index in [0.29, 0.717) is 23.3 Å². The lowest BCUT2D eigenvalue weighted by atomic mass is 9.89. The highest BCUT2D eigenvalue weighted by Crippen LogP contribution is 2.27. The number of hydrogen-bond acceptors (Lipinski definition) is 2. The molecule has 2 atom stereocenters. The highest BCUT2D eigenvalue weighted by molar-refractivity contribution is 5.38. The van der Waals surface area contributed by atoms with Gasteiger partial charge in [0.15, 0.2) is 0 Å². The van der Waals surface area contributed by atoms with Gasteiger partial charge in [-0.1, -0.05) is 62.4 Å². The molecule has 0 radical (unpaired) electrons. The molecule has 0 heterocycles. The number of aryl methyl sites for hydroxylation is 2. The summed E-state index contributed by atoms with van der Waals surface area (Å²) >= 11 is 0. The van der Waals surface area contributed by atoms with Gasteiger partial charge in [0, 0.05) is 0 Å². The third-order valence-electron chi connectivity index (χ3n) is 5.68.